The SMILES string of the molecule is COc1ccc2c(c1)c(-c1cc3cccnc3[nH]1)cn2CC(=O)N1CC(C)OC(C)C1. The monoisotopic (exact) mass is 418 g/mol. The Hall–Kier alpha value is -3.32. The minimum absolute atomic E-state index is 0.0489. The van der Waals surface area contributed by atoms with Crippen molar-refractivity contribution in [3.8, 4) is 17.0 Å². The lowest BCUT2D eigenvalue weighted by Crippen LogP contribution is -2.49. The third-order valence-corrected chi connectivity index (χ3v) is 5.85. The largest absolute Gasteiger partial charge is 0.497 e. The third kappa shape index (κ3) is 3.65. The summed E-state index contributed by atoms with van der Waals surface area (Å²) in [6.07, 6.45) is 3.92. The molecule has 1 aliphatic heterocycles. The second-order valence-corrected chi connectivity index (χ2v) is 8.23. The van der Waals surface area contributed by atoms with Crippen molar-refractivity contribution in [2.45, 2.75) is 32.6 Å². The van der Waals surface area contributed by atoms with Crippen LogP contribution in [0.5, 0.6) is 5.75 Å². The van der Waals surface area contributed by atoms with E-state index in [0.29, 0.717) is 13.1 Å². The van der Waals surface area contributed by atoms with Gasteiger partial charge in [0, 0.05) is 53.0 Å². The van der Waals surface area contributed by atoms with Gasteiger partial charge in [0.1, 0.15) is 17.9 Å². The van der Waals surface area contributed by atoms with Gasteiger partial charge in [-0.1, -0.05) is 0 Å². The smallest absolute Gasteiger partial charge is 0.242 e. The lowest BCUT2D eigenvalue weighted by Gasteiger charge is -2.35. The molecule has 5 rings (SSSR count). The second kappa shape index (κ2) is 7.74. The maximum atomic E-state index is 13.1. The highest BCUT2D eigenvalue weighted by molar-refractivity contribution is 5.99. The summed E-state index contributed by atoms with van der Waals surface area (Å²) in [4.78, 5) is 22.8. The molecule has 3 aromatic heterocycles. The number of H-pyrrole nitrogens is 1. The number of amides is 1. The Bertz CT molecular complexity index is 1220. The zero-order chi connectivity index (χ0) is 21.5. The molecule has 0 radical (unpaired) electrons. The van der Waals surface area contributed by atoms with Crippen molar-refractivity contribution in [3.05, 3.63) is 48.8 Å². The number of nitrogens with zero attached hydrogens (tertiary/aromatic N) is 3. The Morgan fingerprint density at radius 3 is 2.77 bits per heavy atom. The first-order valence-corrected chi connectivity index (χ1v) is 10.6. The van der Waals surface area contributed by atoms with E-state index in [4.69, 9.17) is 9.47 Å². The molecule has 7 heteroatoms. The van der Waals surface area contributed by atoms with Crippen LogP contribution in [-0.2, 0) is 16.1 Å². The number of morpholine rings is 1. The minimum atomic E-state index is 0.0489. The predicted octanol–water partition coefficient (Wildman–Crippen LogP) is 3.83. The van der Waals surface area contributed by atoms with E-state index in [1.165, 1.54) is 0 Å². The summed E-state index contributed by atoms with van der Waals surface area (Å²) in [6, 6.07) is 12.0. The summed E-state index contributed by atoms with van der Waals surface area (Å²) in [5.74, 6) is 0.877. The van der Waals surface area contributed by atoms with Gasteiger partial charge in [-0.2, -0.15) is 0 Å². The van der Waals surface area contributed by atoms with Crippen LogP contribution in [0.1, 0.15) is 13.8 Å². The molecule has 4 heterocycles. The fourth-order valence-electron chi connectivity index (χ4n) is 4.48. The average molecular weight is 418 g/mol. The van der Waals surface area contributed by atoms with E-state index in [1.54, 1.807) is 13.3 Å². The number of carbonyl (C=O) groups is 1. The molecule has 0 spiro atoms. The molecule has 1 fully saturated rings. The van der Waals surface area contributed by atoms with E-state index < -0.39 is 0 Å². The molecule has 1 aromatic carbocycles. The number of hydrogen-bond donors (Lipinski definition) is 1. The molecule has 1 N–H and O–H groups in total. The molecule has 1 aliphatic rings. The fourth-order valence-corrected chi connectivity index (χ4v) is 4.48. The summed E-state index contributed by atoms with van der Waals surface area (Å²) in [7, 11) is 1.66. The third-order valence-electron chi connectivity index (χ3n) is 5.85. The molecule has 1 saturated heterocycles. The van der Waals surface area contributed by atoms with Crippen LogP contribution in [0, 0.1) is 0 Å². The number of benzene rings is 1. The number of nitrogens with one attached hydrogen (secondary N) is 1. The number of hydrogen-bond acceptors (Lipinski definition) is 4. The molecule has 4 aromatic rings. The first-order chi connectivity index (χ1) is 15.0. The standard InChI is InChI=1S/C24H26N4O3/c1-15-11-28(12-16(2)31-15)23(29)14-27-13-20(19-10-18(30-3)6-7-22(19)27)21-9-17-5-4-8-25-24(17)26-21/h4-10,13,15-16H,11-12,14H2,1-3H3,(H,25,26). The summed E-state index contributed by atoms with van der Waals surface area (Å²) >= 11 is 0. The molecule has 1 amide bonds. The van der Waals surface area contributed by atoms with Gasteiger partial charge in [0.25, 0.3) is 0 Å². The molecule has 160 valence electrons. The molecule has 7 nitrogen and oxygen atoms in total. The fraction of sp³-hybridized carbons (Fsp3) is 0.333. The van der Waals surface area contributed by atoms with E-state index in [9.17, 15) is 4.79 Å². The Balaban J connectivity index is 1.55. The first kappa shape index (κ1) is 19.6. The summed E-state index contributed by atoms with van der Waals surface area (Å²) in [6.45, 7) is 5.54. The van der Waals surface area contributed by atoms with Gasteiger partial charge in [-0.15, -0.1) is 0 Å². The van der Waals surface area contributed by atoms with E-state index in [0.717, 1.165) is 38.9 Å². The van der Waals surface area contributed by atoms with Crippen molar-refractivity contribution in [3.63, 3.8) is 0 Å². The molecule has 2 atom stereocenters. The first-order valence-electron chi connectivity index (χ1n) is 10.6. The number of aromatic amines is 1. The van der Waals surface area contributed by atoms with E-state index in [2.05, 4.69) is 16.0 Å². The highest BCUT2D eigenvalue weighted by Gasteiger charge is 2.26. The van der Waals surface area contributed by atoms with Crippen molar-refractivity contribution in [2.75, 3.05) is 20.2 Å². The Labute approximate surface area is 180 Å². The van der Waals surface area contributed by atoms with E-state index >= 15 is 0 Å². The summed E-state index contributed by atoms with van der Waals surface area (Å²) in [5.41, 5.74) is 3.81. The lowest BCUT2D eigenvalue weighted by molar-refractivity contribution is -0.143. The van der Waals surface area contributed by atoms with Crippen LogP contribution in [0.15, 0.2) is 48.8 Å². The van der Waals surface area contributed by atoms with Crippen LogP contribution in [0.25, 0.3) is 33.2 Å². The second-order valence-electron chi connectivity index (χ2n) is 8.23. The molecular formula is C24H26N4O3. The van der Waals surface area contributed by atoms with Gasteiger partial charge in [-0.3, -0.25) is 4.79 Å². The number of ether oxygens (including phenoxy) is 2. The van der Waals surface area contributed by atoms with Crippen LogP contribution in [-0.4, -0.2) is 57.7 Å². The van der Waals surface area contributed by atoms with Gasteiger partial charge in [-0.25, -0.2) is 4.98 Å². The van der Waals surface area contributed by atoms with Crippen molar-refractivity contribution in [2.24, 2.45) is 0 Å². The zero-order valence-corrected chi connectivity index (χ0v) is 18.0. The van der Waals surface area contributed by atoms with Crippen LogP contribution < -0.4 is 4.74 Å². The van der Waals surface area contributed by atoms with Gasteiger partial charge in [-0.05, 0) is 50.2 Å². The van der Waals surface area contributed by atoms with E-state index in [1.807, 2.05) is 59.8 Å². The van der Waals surface area contributed by atoms with Crippen molar-refractivity contribution >= 4 is 27.8 Å². The van der Waals surface area contributed by atoms with Crippen LogP contribution in [0.3, 0.4) is 0 Å². The Kier molecular flexibility index (Phi) is 4.90. The van der Waals surface area contributed by atoms with Crippen molar-refractivity contribution < 1.29 is 14.3 Å². The summed E-state index contributed by atoms with van der Waals surface area (Å²) < 4.78 is 13.3. The Morgan fingerprint density at radius 2 is 2.03 bits per heavy atom. The van der Waals surface area contributed by atoms with Crippen LogP contribution in [0.4, 0.5) is 0 Å². The minimum Gasteiger partial charge on any atom is -0.497 e. The lowest BCUT2D eigenvalue weighted by atomic mass is 10.1. The predicted molar refractivity (Wildman–Crippen MR) is 120 cm³/mol. The quantitative estimate of drug-likeness (QED) is 0.547. The molecule has 0 aliphatic carbocycles. The topological polar surface area (TPSA) is 72.4 Å². The zero-order valence-electron chi connectivity index (χ0n) is 18.0. The summed E-state index contributed by atoms with van der Waals surface area (Å²) in [5, 5.41) is 2.08. The van der Waals surface area contributed by atoms with Gasteiger partial charge in [0.15, 0.2) is 0 Å². The Morgan fingerprint density at radius 1 is 1.23 bits per heavy atom. The van der Waals surface area contributed by atoms with Gasteiger partial charge < -0.3 is 23.9 Å². The van der Waals surface area contributed by atoms with Crippen LogP contribution >= 0.6 is 0 Å². The molecule has 2 unspecified atom stereocenters. The highest BCUT2D eigenvalue weighted by atomic mass is 16.5. The number of methoxy groups -OCH3 is 1. The van der Waals surface area contributed by atoms with Gasteiger partial charge in [0.2, 0.25) is 5.91 Å². The number of fused-ring (bicyclic) bond motifs is 2. The maximum Gasteiger partial charge on any atom is 0.242 e. The maximum absolute atomic E-state index is 13.1. The number of aromatic nitrogens is 3. The van der Waals surface area contributed by atoms with Crippen molar-refractivity contribution in [1.82, 2.24) is 19.4 Å². The highest BCUT2D eigenvalue weighted by Crippen LogP contribution is 2.34. The number of carbonyl (C=O) groups excluding carboxylic acids is 1. The molecule has 0 bridgehead atoms. The number of rotatable bonds is 4. The number of pyridine rings is 1. The molecule has 0 saturated carbocycles. The molecular weight excluding hydrogens is 392 g/mol. The average Bonchev–Trinajstić information content (AvgIpc) is 3.34. The van der Waals surface area contributed by atoms with Gasteiger partial charge in [0.05, 0.1) is 19.3 Å². The van der Waals surface area contributed by atoms with Crippen LogP contribution in [0.2, 0.25) is 0 Å². The normalized spacial score (nSPS) is 19.3. The van der Waals surface area contributed by atoms with E-state index in [-0.39, 0.29) is 24.7 Å². The van der Waals surface area contributed by atoms with Gasteiger partial charge >= 0.3 is 0 Å². The van der Waals surface area contributed by atoms with Crippen molar-refractivity contribution in [1.29, 1.82) is 0 Å². The molecule has 31 heavy (non-hydrogen) atoms.